The Morgan fingerprint density at radius 3 is 2.18 bits per heavy atom. The number of nitrogens with zero attached hydrogens (tertiary/aromatic N) is 2. The smallest absolute Gasteiger partial charge is 0.261 e. The van der Waals surface area contributed by atoms with Crippen molar-refractivity contribution in [3.63, 3.8) is 0 Å². The molecule has 0 bridgehead atoms. The topological polar surface area (TPSA) is 70.1 Å². The maximum absolute atomic E-state index is 9.19. The fourth-order valence-electron chi connectivity index (χ4n) is 5.10. The largest absolute Gasteiger partial charge is 0.494 e. The van der Waals surface area contributed by atoms with E-state index in [0.717, 1.165) is 44.5 Å². The molecule has 6 nitrogen and oxygen atoms in total. The molecule has 2 fully saturated rings. The number of benzene rings is 2. The van der Waals surface area contributed by atoms with Crippen LogP contribution in [0.25, 0.3) is 0 Å². The van der Waals surface area contributed by atoms with Crippen molar-refractivity contribution in [2.75, 3.05) is 43.9 Å². The quantitative estimate of drug-likeness (QED) is 0.627. The van der Waals surface area contributed by atoms with Gasteiger partial charge in [0.1, 0.15) is 5.75 Å². The molecule has 1 N–H and O–H groups in total. The van der Waals surface area contributed by atoms with Crippen molar-refractivity contribution in [3.8, 4) is 5.75 Å². The molecule has 0 aromatic heterocycles. The van der Waals surface area contributed by atoms with Crippen LogP contribution < -0.4 is 9.64 Å². The number of rotatable bonds is 5. The summed E-state index contributed by atoms with van der Waals surface area (Å²) >= 11 is 0. The third-order valence-electron chi connectivity index (χ3n) is 6.79. The Labute approximate surface area is 199 Å². The maximum atomic E-state index is 9.19. The van der Waals surface area contributed by atoms with E-state index in [1.807, 2.05) is 0 Å². The zero-order valence-electron chi connectivity index (χ0n) is 20.1. The number of anilines is 1. The lowest BCUT2D eigenvalue weighted by Gasteiger charge is -2.51. The lowest BCUT2D eigenvalue weighted by Crippen LogP contribution is -2.56. The van der Waals surface area contributed by atoms with Crippen molar-refractivity contribution in [1.29, 1.82) is 0 Å². The highest BCUT2D eigenvalue weighted by molar-refractivity contribution is 7.85. The van der Waals surface area contributed by atoms with E-state index in [9.17, 15) is 8.42 Å². The van der Waals surface area contributed by atoms with Gasteiger partial charge in [-0.2, -0.15) is 8.42 Å². The SMILES string of the molecule is CCOc1cccc(C2(N3CCN(c4ccccc4)CC3)CCC(C)CC2)c1.CS(=O)(=O)O. The van der Waals surface area contributed by atoms with Crippen LogP contribution in [-0.4, -0.2) is 56.9 Å². The van der Waals surface area contributed by atoms with Gasteiger partial charge in [0.2, 0.25) is 0 Å². The summed E-state index contributed by atoms with van der Waals surface area (Å²) in [5, 5.41) is 0. The molecule has 7 heteroatoms. The van der Waals surface area contributed by atoms with Crippen LogP contribution in [0.1, 0.15) is 45.1 Å². The molecule has 1 saturated carbocycles. The van der Waals surface area contributed by atoms with Gasteiger partial charge in [-0.25, -0.2) is 0 Å². The lowest BCUT2D eigenvalue weighted by molar-refractivity contribution is 0.0297. The summed E-state index contributed by atoms with van der Waals surface area (Å²) in [5.74, 6) is 1.86. The molecule has 33 heavy (non-hydrogen) atoms. The minimum absolute atomic E-state index is 0.169. The van der Waals surface area contributed by atoms with Crippen molar-refractivity contribution in [2.45, 2.75) is 45.1 Å². The van der Waals surface area contributed by atoms with E-state index < -0.39 is 10.1 Å². The van der Waals surface area contributed by atoms with Crippen molar-refractivity contribution in [3.05, 3.63) is 60.2 Å². The zero-order chi connectivity index (χ0) is 23.9. The standard InChI is InChI=1S/C25H34N2O.CH4O3S/c1-3-28-24-11-7-8-22(20-24)25(14-12-21(2)13-15-25)27-18-16-26(17-19-27)23-9-5-4-6-10-23;1-5(2,3)4/h4-11,20-21H,3,12-19H2,1-2H3;1H3,(H,2,3,4). The van der Waals surface area contributed by atoms with Gasteiger partial charge < -0.3 is 9.64 Å². The predicted molar refractivity (Wildman–Crippen MR) is 135 cm³/mol. The van der Waals surface area contributed by atoms with Crippen LogP contribution in [0.4, 0.5) is 5.69 Å². The van der Waals surface area contributed by atoms with Crippen molar-refractivity contribution < 1.29 is 17.7 Å². The molecule has 182 valence electrons. The molecule has 0 amide bonds. The summed E-state index contributed by atoms with van der Waals surface area (Å²) in [6, 6.07) is 19.8. The van der Waals surface area contributed by atoms with Crippen LogP contribution >= 0.6 is 0 Å². The van der Waals surface area contributed by atoms with Crippen LogP contribution in [0.5, 0.6) is 5.75 Å². The second kappa shape index (κ2) is 11.4. The van der Waals surface area contributed by atoms with Gasteiger partial charge in [0.25, 0.3) is 10.1 Å². The van der Waals surface area contributed by atoms with Crippen LogP contribution in [0.2, 0.25) is 0 Å². The Morgan fingerprint density at radius 2 is 1.61 bits per heavy atom. The predicted octanol–water partition coefficient (Wildman–Crippen LogP) is 4.82. The number of piperazine rings is 1. The highest BCUT2D eigenvalue weighted by Gasteiger charge is 2.42. The van der Waals surface area contributed by atoms with Crippen LogP contribution in [0, 0.1) is 5.92 Å². The summed E-state index contributed by atoms with van der Waals surface area (Å²) in [5.41, 5.74) is 2.98. The van der Waals surface area contributed by atoms with Gasteiger partial charge in [0, 0.05) is 37.4 Å². The molecule has 0 spiro atoms. The number of hydrogen-bond acceptors (Lipinski definition) is 5. The van der Waals surface area contributed by atoms with Gasteiger partial charge >= 0.3 is 0 Å². The molecule has 0 atom stereocenters. The first-order valence-corrected chi connectivity index (χ1v) is 13.8. The number of ether oxygens (including phenoxy) is 1. The van der Waals surface area contributed by atoms with Crippen LogP contribution in [0.3, 0.4) is 0 Å². The van der Waals surface area contributed by atoms with E-state index in [4.69, 9.17) is 9.29 Å². The van der Waals surface area contributed by atoms with E-state index in [1.165, 1.54) is 36.9 Å². The summed E-state index contributed by atoms with van der Waals surface area (Å²) < 4.78 is 31.7. The van der Waals surface area contributed by atoms with Crippen LogP contribution in [-0.2, 0) is 15.7 Å². The highest BCUT2D eigenvalue weighted by atomic mass is 32.2. The number of para-hydroxylation sites is 1. The first kappa shape index (κ1) is 25.5. The fourth-order valence-corrected chi connectivity index (χ4v) is 5.10. The molecule has 2 aliphatic rings. The van der Waals surface area contributed by atoms with Gasteiger partial charge in [-0.3, -0.25) is 9.45 Å². The summed E-state index contributed by atoms with van der Waals surface area (Å²) in [6.45, 7) is 9.66. The Kier molecular flexibility index (Phi) is 8.79. The first-order chi connectivity index (χ1) is 15.7. The first-order valence-electron chi connectivity index (χ1n) is 11.9. The zero-order valence-corrected chi connectivity index (χ0v) is 20.9. The van der Waals surface area contributed by atoms with Gasteiger partial charge in [0.15, 0.2) is 0 Å². The molecular weight excluding hydrogens is 436 g/mol. The van der Waals surface area contributed by atoms with E-state index >= 15 is 0 Å². The van der Waals surface area contributed by atoms with Crippen LogP contribution in [0.15, 0.2) is 54.6 Å². The fraction of sp³-hybridized carbons (Fsp3) is 0.538. The van der Waals surface area contributed by atoms with Gasteiger partial charge in [-0.05, 0) is 68.4 Å². The van der Waals surface area contributed by atoms with Crippen molar-refractivity contribution in [1.82, 2.24) is 4.90 Å². The third kappa shape index (κ3) is 7.19. The minimum atomic E-state index is -3.67. The normalized spacial score (nSPS) is 24.0. The molecule has 0 unspecified atom stereocenters. The average Bonchev–Trinajstić information content (AvgIpc) is 2.80. The van der Waals surface area contributed by atoms with Crippen molar-refractivity contribution >= 4 is 15.8 Å². The Hall–Kier alpha value is -2.09. The molecule has 2 aromatic carbocycles. The Morgan fingerprint density at radius 1 is 1.00 bits per heavy atom. The Bertz CT molecular complexity index is 957. The molecule has 0 radical (unpaired) electrons. The van der Waals surface area contributed by atoms with E-state index in [2.05, 4.69) is 78.2 Å². The van der Waals surface area contributed by atoms with E-state index in [-0.39, 0.29) is 5.54 Å². The lowest BCUT2D eigenvalue weighted by atomic mass is 9.71. The molecular formula is C26H38N2O4S. The molecule has 1 heterocycles. The Balaban J connectivity index is 0.000000555. The molecule has 2 aromatic rings. The summed E-state index contributed by atoms with van der Waals surface area (Å²) in [7, 11) is -3.67. The number of hydrogen-bond donors (Lipinski definition) is 1. The summed E-state index contributed by atoms with van der Waals surface area (Å²) in [4.78, 5) is 5.32. The average molecular weight is 475 g/mol. The molecule has 1 aliphatic heterocycles. The van der Waals surface area contributed by atoms with Gasteiger partial charge in [0.05, 0.1) is 12.9 Å². The molecule has 1 saturated heterocycles. The second-order valence-electron chi connectivity index (χ2n) is 9.22. The maximum Gasteiger partial charge on any atom is 0.261 e. The summed E-state index contributed by atoms with van der Waals surface area (Å²) in [6.07, 6.45) is 5.87. The minimum Gasteiger partial charge on any atom is -0.494 e. The van der Waals surface area contributed by atoms with Gasteiger partial charge in [-0.15, -0.1) is 0 Å². The molecule has 1 aliphatic carbocycles. The van der Waals surface area contributed by atoms with Gasteiger partial charge in [-0.1, -0.05) is 37.3 Å². The monoisotopic (exact) mass is 474 g/mol. The second-order valence-corrected chi connectivity index (χ2v) is 10.7. The van der Waals surface area contributed by atoms with E-state index in [0.29, 0.717) is 6.26 Å². The third-order valence-corrected chi connectivity index (χ3v) is 6.79. The van der Waals surface area contributed by atoms with E-state index in [1.54, 1.807) is 0 Å². The highest BCUT2D eigenvalue weighted by Crippen LogP contribution is 2.45. The molecule has 4 rings (SSSR count). The van der Waals surface area contributed by atoms with Crippen molar-refractivity contribution in [2.24, 2.45) is 5.92 Å².